The van der Waals surface area contributed by atoms with Gasteiger partial charge in [-0.25, -0.2) is 4.39 Å². The summed E-state index contributed by atoms with van der Waals surface area (Å²) in [5, 5.41) is 10.8. The van der Waals surface area contributed by atoms with Gasteiger partial charge in [0.25, 0.3) is 0 Å². The Morgan fingerprint density at radius 3 is 2.72 bits per heavy atom. The van der Waals surface area contributed by atoms with Gasteiger partial charge in [0.05, 0.1) is 11.5 Å². The fourth-order valence-electron chi connectivity index (χ4n) is 2.32. The van der Waals surface area contributed by atoms with E-state index in [2.05, 4.69) is 0 Å². The van der Waals surface area contributed by atoms with Crippen LogP contribution in [0.4, 0.5) is 10.1 Å². The standard InChI is InChI=1S/C13H16FNO3/c14-11-6-7-12(15(16)17)13(8-11)18-9-10-4-2-1-3-5-10/h6-8,10H,1-5,9H2. The van der Waals surface area contributed by atoms with Crippen molar-refractivity contribution in [2.24, 2.45) is 5.92 Å². The summed E-state index contributed by atoms with van der Waals surface area (Å²) in [4.78, 5) is 10.2. The van der Waals surface area contributed by atoms with Gasteiger partial charge >= 0.3 is 5.69 Å². The molecule has 4 nitrogen and oxygen atoms in total. The topological polar surface area (TPSA) is 52.4 Å². The van der Waals surface area contributed by atoms with Crippen molar-refractivity contribution in [1.29, 1.82) is 0 Å². The molecule has 1 aliphatic rings. The minimum Gasteiger partial charge on any atom is -0.486 e. The highest BCUT2D eigenvalue weighted by molar-refractivity contribution is 5.46. The molecule has 0 saturated heterocycles. The first-order valence-corrected chi connectivity index (χ1v) is 6.23. The van der Waals surface area contributed by atoms with Crippen molar-refractivity contribution < 1.29 is 14.1 Å². The third kappa shape index (κ3) is 3.18. The minimum absolute atomic E-state index is 0.0329. The van der Waals surface area contributed by atoms with E-state index in [1.54, 1.807) is 0 Å². The zero-order chi connectivity index (χ0) is 13.0. The Balaban J connectivity index is 2.03. The number of hydrogen-bond acceptors (Lipinski definition) is 3. The van der Waals surface area contributed by atoms with Gasteiger partial charge in [-0.15, -0.1) is 0 Å². The van der Waals surface area contributed by atoms with Crippen LogP contribution in [-0.2, 0) is 0 Å². The van der Waals surface area contributed by atoms with E-state index in [1.165, 1.54) is 19.3 Å². The number of benzene rings is 1. The lowest BCUT2D eigenvalue weighted by Gasteiger charge is -2.21. The predicted molar refractivity (Wildman–Crippen MR) is 65.1 cm³/mol. The van der Waals surface area contributed by atoms with Gasteiger partial charge in [-0.1, -0.05) is 19.3 Å². The van der Waals surface area contributed by atoms with E-state index < -0.39 is 10.7 Å². The molecular formula is C13H16FNO3. The van der Waals surface area contributed by atoms with Crippen LogP contribution in [0.1, 0.15) is 32.1 Å². The van der Waals surface area contributed by atoms with Crippen LogP contribution in [0.3, 0.4) is 0 Å². The lowest BCUT2D eigenvalue weighted by Crippen LogP contribution is -2.15. The summed E-state index contributed by atoms with van der Waals surface area (Å²) in [6.07, 6.45) is 5.78. The molecule has 0 aromatic heterocycles. The van der Waals surface area contributed by atoms with Crippen LogP contribution < -0.4 is 4.74 Å². The monoisotopic (exact) mass is 253 g/mol. The van der Waals surface area contributed by atoms with E-state index >= 15 is 0 Å². The highest BCUT2D eigenvalue weighted by Crippen LogP contribution is 2.30. The van der Waals surface area contributed by atoms with Gasteiger partial charge in [0, 0.05) is 12.1 Å². The average Bonchev–Trinajstić information content (AvgIpc) is 2.37. The first kappa shape index (κ1) is 12.8. The van der Waals surface area contributed by atoms with E-state index in [1.807, 2.05) is 0 Å². The molecule has 1 aromatic carbocycles. The summed E-state index contributed by atoms with van der Waals surface area (Å²) in [6.45, 7) is 0.435. The molecule has 0 heterocycles. The SMILES string of the molecule is O=[N+]([O-])c1ccc(F)cc1OCC1CCCCC1. The van der Waals surface area contributed by atoms with Crippen molar-refractivity contribution in [3.8, 4) is 5.75 Å². The molecule has 0 amide bonds. The quantitative estimate of drug-likeness (QED) is 0.607. The van der Waals surface area contributed by atoms with Crippen molar-refractivity contribution in [3.63, 3.8) is 0 Å². The zero-order valence-corrected chi connectivity index (χ0v) is 10.1. The molecule has 0 bridgehead atoms. The summed E-state index contributed by atoms with van der Waals surface area (Å²) < 4.78 is 18.5. The molecule has 18 heavy (non-hydrogen) atoms. The molecule has 0 radical (unpaired) electrons. The van der Waals surface area contributed by atoms with Gasteiger partial charge in [-0.05, 0) is 24.8 Å². The Labute approximate surface area is 105 Å². The van der Waals surface area contributed by atoms with Gasteiger partial charge in [0.15, 0.2) is 5.75 Å². The summed E-state index contributed by atoms with van der Waals surface area (Å²) in [7, 11) is 0. The van der Waals surface area contributed by atoms with E-state index in [0.29, 0.717) is 12.5 Å². The average molecular weight is 253 g/mol. The Bertz CT molecular complexity index is 430. The summed E-state index contributed by atoms with van der Waals surface area (Å²) in [5.74, 6) is -0.0496. The van der Waals surface area contributed by atoms with Crippen molar-refractivity contribution in [2.45, 2.75) is 32.1 Å². The number of ether oxygens (including phenoxy) is 1. The van der Waals surface area contributed by atoms with Gasteiger partial charge in [0.1, 0.15) is 5.82 Å². The predicted octanol–water partition coefficient (Wildman–Crippen LogP) is 3.69. The van der Waals surface area contributed by atoms with E-state index in [-0.39, 0.29) is 11.4 Å². The normalized spacial score (nSPS) is 16.5. The van der Waals surface area contributed by atoms with E-state index in [9.17, 15) is 14.5 Å². The molecule has 0 aliphatic heterocycles. The molecule has 5 heteroatoms. The number of nitrogens with zero attached hydrogens (tertiary/aromatic N) is 1. The molecule has 1 fully saturated rings. The summed E-state index contributed by atoms with van der Waals surface area (Å²) in [5.41, 5.74) is -0.174. The maximum absolute atomic E-state index is 13.1. The van der Waals surface area contributed by atoms with E-state index in [0.717, 1.165) is 31.0 Å². The Kier molecular flexibility index (Phi) is 4.12. The van der Waals surface area contributed by atoms with Crippen molar-refractivity contribution >= 4 is 5.69 Å². The third-order valence-corrected chi connectivity index (χ3v) is 3.32. The smallest absolute Gasteiger partial charge is 0.311 e. The maximum atomic E-state index is 13.1. The van der Waals surface area contributed by atoms with Gasteiger partial charge in [-0.2, -0.15) is 0 Å². The first-order chi connectivity index (χ1) is 8.66. The first-order valence-electron chi connectivity index (χ1n) is 6.23. The number of nitro groups is 1. The van der Waals surface area contributed by atoms with Gasteiger partial charge in [0.2, 0.25) is 0 Å². The molecule has 0 atom stereocenters. The minimum atomic E-state index is -0.546. The van der Waals surface area contributed by atoms with Gasteiger partial charge in [-0.3, -0.25) is 10.1 Å². The Hall–Kier alpha value is -1.65. The van der Waals surface area contributed by atoms with Crippen molar-refractivity contribution in [3.05, 3.63) is 34.1 Å². The molecule has 0 spiro atoms. The molecule has 1 aromatic rings. The number of rotatable bonds is 4. The van der Waals surface area contributed by atoms with Gasteiger partial charge < -0.3 is 4.74 Å². The zero-order valence-electron chi connectivity index (χ0n) is 10.1. The molecular weight excluding hydrogens is 237 g/mol. The number of nitro benzene ring substituents is 1. The fraction of sp³-hybridized carbons (Fsp3) is 0.538. The molecule has 1 aliphatic carbocycles. The Morgan fingerprint density at radius 1 is 1.33 bits per heavy atom. The highest BCUT2D eigenvalue weighted by atomic mass is 19.1. The van der Waals surface area contributed by atoms with Crippen molar-refractivity contribution in [1.82, 2.24) is 0 Å². The number of halogens is 1. The van der Waals surface area contributed by atoms with Crippen LogP contribution in [0, 0.1) is 21.8 Å². The maximum Gasteiger partial charge on any atom is 0.311 e. The molecule has 98 valence electrons. The van der Waals surface area contributed by atoms with Crippen LogP contribution >= 0.6 is 0 Å². The van der Waals surface area contributed by atoms with Crippen LogP contribution in [0.5, 0.6) is 5.75 Å². The van der Waals surface area contributed by atoms with E-state index in [4.69, 9.17) is 4.74 Å². The van der Waals surface area contributed by atoms with Crippen LogP contribution in [0.25, 0.3) is 0 Å². The fourth-order valence-corrected chi connectivity index (χ4v) is 2.32. The highest BCUT2D eigenvalue weighted by Gasteiger charge is 2.19. The summed E-state index contributed by atoms with van der Waals surface area (Å²) >= 11 is 0. The molecule has 0 unspecified atom stereocenters. The van der Waals surface area contributed by atoms with Crippen LogP contribution in [0.2, 0.25) is 0 Å². The number of hydrogen-bond donors (Lipinski definition) is 0. The second kappa shape index (κ2) is 5.80. The lowest BCUT2D eigenvalue weighted by molar-refractivity contribution is -0.386. The van der Waals surface area contributed by atoms with Crippen LogP contribution in [-0.4, -0.2) is 11.5 Å². The third-order valence-electron chi connectivity index (χ3n) is 3.32. The molecule has 2 rings (SSSR count). The van der Waals surface area contributed by atoms with Crippen molar-refractivity contribution in [2.75, 3.05) is 6.61 Å². The second-order valence-electron chi connectivity index (χ2n) is 4.68. The molecule has 1 saturated carbocycles. The second-order valence-corrected chi connectivity index (χ2v) is 4.68. The largest absolute Gasteiger partial charge is 0.486 e. The summed E-state index contributed by atoms with van der Waals surface area (Å²) in [6, 6.07) is 3.30. The Morgan fingerprint density at radius 2 is 2.06 bits per heavy atom. The molecule has 0 N–H and O–H groups in total. The van der Waals surface area contributed by atoms with Crippen LogP contribution in [0.15, 0.2) is 18.2 Å². The lowest BCUT2D eigenvalue weighted by atomic mass is 9.90.